The SMILES string of the molecule is C/C=C/[C@H](O[Si](C)(C)C(C)(C)C)C(C)(C)[C@H](CC=O)O[Si](C)(C)C. The normalized spacial score (nSPS) is 17.1. The standard InChI is InChI=1S/C19H40O3Si2/c1-12-13-16(22-24(10,11)18(2,3)4)19(5,6)17(14-15-20)21-23(7,8)9/h12-13,15-17H,14H2,1-11H3/b13-12+/t16-,17-/m0/s1. The second-order valence-electron chi connectivity index (χ2n) is 9.77. The Morgan fingerprint density at radius 1 is 0.958 bits per heavy atom. The van der Waals surface area contributed by atoms with Crippen LogP contribution in [0.5, 0.6) is 0 Å². The van der Waals surface area contributed by atoms with Crippen LogP contribution in [0.1, 0.15) is 48.0 Å². The molecule has 0 amide bonds. The molecule has 0 aromatic rings. The van der Waals surface area contributed by atoms with E-state index in [2.05, 4.69) is 73.4 Å². The van der Waals surface area contributed by atoms with Crippen molar-refractivity contribution in [1.82, 2.24) is 0 Å². The Morgan fingerprint density at radius 2 is 1.46 bits per heavy atom. The summed E-state index contributed by atoms with van der Waals surface area (Å²) in [6.45, 7) is 24.1. The van der Waals surface area contributed by atoms with Crippen LogP contribution in [0.25, 0.3) is 0 Å². The Hall–Kier alpha value is -0.236. The molecule has 0 aliphatic carbocycles. The van der Waals surface area contributed by atoms with E-state index in [1.165, 1.54) is 0 Å². The van der Waals surface area contributed by atoms with Crippen LogP contribution >= 0.6 is 0 Å². The van der Waals surface area contributed by atoms with Crippen molar-refractivity contribution in [3.63, 3.8) is 0 Å². The van der Waals surface area contributed by atoms with Gasteiger partial charge in [-0.05, 0) is 44.7 Å². The van der Waals surface area contributed by atoms with Gasteiger partial charge in [0.15, 0.2) is 16.6 Å². The van der Waals surface area contributed by atoms with E-state index < -0.39 is 16.6 Å². The lowest BCUT2D eigenvalue weighted by atomic mass is 9.79. The van der Waals surface area contributed by atoms with Gasteiger partial charge >= 0.3 is 0 Å². The highest BCUT2D eigenvalue weighted by atomic mass is 28.4. The highest BCUT2D eigenvalue weighted by molar-refractivity contribution is 6.74. The minimum Gasteiger partial charge on any atom is -0.414 e. The summed E-state index contributed by atoms with van der Waals surface area (Å²) in [6.07, 6.45) is 5.37. The number of hydrogen-bond acceptors (Lipinski definition) is 3. The van der Waals surface area contributed by atoms with Crippen molar-refractivity contribution in [2.75, 3.05) is 0 Å². The first-order valence-corrected chi connectivity index (χ1v) is 15.3. The molecule has 0 saturated heterocycles. The third-order valence-corrected chi connectivity index (χ3v) is 10.4. The summed E-state index contributed by atoms with van der Waals surface area (Å²) in [5.74, 6) is 0. The number of rotatable bonds is 9. The molecule has 0 saturated carbocycles. The molecule has 0 aliphatic rings. The number of aldehydes is 1. The summed E-state index contributed by atoms with van der Waals surface area (Å²) in [4.78, 5) is 11.3. The van der Waals surface area contributed by atoms with Gasteiger partial charge in [-0.3, -0.25) is 0 Å². The van der Waals surface area contributed by atoms with E-state index >= 15 is 0 Å². The number of carbonyl (C=O) groups excluding carboxylic acids is 1. The Balaban J connectivity index is 5.69. The van der Waals surface area contributed by atoms with Gasteiger partial charge in [-0.25, -0.2) is 0 Å². The fourth-order valence-corrected chi connectivity index (χ4v) is 4.93. The van der Waals surface area contributed by atoms with Crippen molar-refractivity contribution in [1.29, 1.82) is 0 Å². The molecule has 2 atom stereocenters. The lowest BCUT2D eigenvalue weighted by Crippen LogP contribution is -2.52. The molecule has 0 rings (SSSR count). The molecule has 0 N–H and O–H groups in total. The molecule has 0 bridgehead atoms. The van der Waals surface area contributed by atoms with Gasteiger partial charge in [-0.1, -0.05) is 46.8 Å². The zero-order valence-corrected chi connectivity index (χ0v) is 19.8. The summed E-state index contributed by atoms with van der Waals surface area (Å²) >= 11 is 0. The topological polar surface area (TPSA) is 35.5 Å². The minimum absolute atomic E-state index is 0.0651. The van der Waals surface area contributed by atoms with Crippen molar-refractivity contribution in [2.24, 2.45) is 5.41 Å². The molecule has 0 spiro atoms. The van der Waals surface area contributed by atoms with Crippen molar-refractivity contribution in [3.8, 4) is 0 Å². The monoisotopic (exact) mass is 372 g/mol. The summed E-state index contributed by atoms with van der Waals surface area (Å²) in [6, 6.07) is 0. The molecule has 0 radical (unpaired) electrons. The summed E-state index contributed by atoms with van der Waals surface area (Å²) in [5.41, 5.74) is -0.275. The number of allylic oxidation sites excluding steroid dienone is 1. The Bertz CT molecular complexity index is 429. The molecular formula is C19H40O3Si2. The molecule has 5 heteroatoms. The highest BCUT2D eigenvalue weighted by Crippen LogP contribution is 2.42. The average Bonchev–Trinajstić information content (AvgIpc) is 2.34. The zero-order chi connectivity index (χ0) is 19.4. The second kappa shape index (κ2) is 8.43. The molecule has 3 nitrogen and oxygen atoms in total. The lowest BCUT2D eigenvalue weighted by Gasteiger charge is -2.47. The predicted molar refractivity (Wildman–Crippen MR) is 110 cm³/mol. The van der Waals surface area contributed by atoms with Crippen LogP contribution in [0.2, 0.25) is 37.8 Å². The molecule has 0 aliphatic heterocycles. The molecule has 24 heavy (non-hydrogen) atoms. The van der Waals surface area contributed by atoms with Gasteiger partial charge in [-0.15, -0.1) is 0 Å². The Labute approximate surface area is 152 Å². The van der Waals surface area contributed by atoms with Crippen LogP contribution in [0.15, 0.2) is 12.2 Å². The zero-order valence-electron chi connectivity index (χ0n) is 17.8. The van der Waals surface area contributed by atoms with Crippen LogP contribution in [0.3, 0.4) is 0 Å². The van der Waals surface area contributed by atoms with Gasteiger partial charge in [0.25, 0.3) is 0 Å². The van der Waals surface area contributed by atoms with E-state index in [9.17, 15) is 4.79 Å². The second-order valence-corrected chi connectivity index (χ2v) is 19.0. The van der Waals surface area contributed by atoms with E-state index in [0.29, 0.717) is 6.42 Å². The van der Waals surface area contributed by atoms with Gasteiger partial charge < -0.3 is 13.6 Å². The van der Waals surface area contributed by atoms with Crippen LogP contribution in [-0.4, -0.2) is 35.1 Å². The third-order valence-electron chi connectivity index (χ3n) is 4.96. The quantitative estimate of drug-likeness (QED) is 0.292. The van der Waals surface area contributed by atoms with Gasteiger partial charge in [0.1, 0.15) is 6.29 Å². The van der Waals surface area contributed by atoms with E-state index in [0.717, 1.165) is 6.29 Å². The first-order chi connectivity index (χ1) is 10.6. The van der Waals surface area contributed by atoms with E-state index in [1.54, 1.807) is 0 Å². The van der Waals surface area contributed by atoms with E-state index in [4.69, 9.17) is 8.85 Å². The molecule has 0 unspecified atom stereocenters. The van der Waals surface area contributed by atoms with Crippen molar-refractivity contribution in [2.45, 2.75) is 97.9 Å². The third kappa shape index (κ3) is 6.94. The highest BCUT2D eigenvalue weighted by Gasteiger charge is 2.45. The number of hydrogen-bond donors (Lipinski definition) is 0. The smallest absolute Gasteiger partial charge is 0.192 e. The maximum absolute atomic E-state index is 11.3. The minimum atomic E-state index is -1.93. The summed E-state index contributed by atoms with van der Waals surface area (Å²) in [5, 5.41) is 0.142. The van der Waals surface area contributed by atoms with E-state index in [-0.39, 0.29) is 22.7 Å². The Kier molecular flexibility index (Phi) is 8.35. The Morgan fingerprint density at radius 3 is 1.79 bits per heavy atom. The molecule has 0 fully saturated rings. The molecule has 0 heterocycles. The van der Waals surface area contributed by atoms with Gasteiger partial charge in [0.05, 0.1) is 12.2 Å². The van der Waals surface area contributed by atoms with Gasteiger partial charge in [-0.2, -0.15) is 0 Å². The maximum Gasteiger partial charge on any atom is 0.192 e. The van der Waals surface area contributed by atoms with Gasteiger partial charge in [0, 0.05) is 11.8 Å². The van der Waals surface area contributed by atoms with Crippen molar-refractivity contribution >= 4 is 22.9 Å². The van der Waals surface area contributed by atoms with Crippen molar-refractivity contribution in [3.05, 3.63) is 12.2 Å². The average molecular weight is 373 g/mol. The first kappa shape index (κ1) is 23.8. The van der Waals surface area contributed by atoms with E-state index in [1.807, 2.05) is 13.0 Å². The lowest BCUT2D eigenvalue weighted by molar-refractivity contribution is -0.111. The predicted octanol–water partition coefficient (Wildman–Crippen LogP) is 5.79. The molecule has 142 valence electrons. The molecule has 0 aromatic carbocycles. The maximum atomic E-state index is 11.3. The van der Waals surface area contributed by atoms with Crippen LogP contribution < -0.4 is 0 Å². The fourth-order valence-electron chi connectivity index (χ4n) is 2.31. The van der Waals surface area contributed by atoms with Gasteiger partial charge in [0.2, 0.25) is 0 Å². The first-order valence-electron chi connectivity index (χ1n) is 9.00. The molecular weight excluding hydrogens is 332 g/mol. The van der Waals surface area contributed by atoms with Crippen molar-refractivity contribution < 1.29 is 13.6 Å². The van der Waals surface area contributed by atoms with Crippen LogP contribution in [0.4, 0.5) is 0 Å². The summed E-state index contributed by atoms with van der Waals surface area (Å²) in [7, 11) is -3.68. The van der Waals surface area contributed by atoms with Crippen LogP contribution in [-0.2, 0) is 13.6 Å². The molecule has 0 aromatic heterocycles. The van der Waals surface area contributed by atoms with Crippen LogP contribution in [0, 0.1) is 5.41 Å². The fraction of sp³-hybridized carbons (Fsp3) is 0.842. The summed E-state index contributed by atoms with van der Waals surface area (Å²) < 4.78 is 13.1. The number of carbonyl (C=O) groups is 1. The largest absolute Gasteiger partial charge is 0.414 e.